The molecule has 6 heteroatoms. The highest BCUT2D eigenvalue weighted by atomic mass is 16.7. The standard InChI is InChI=1S/C8H10N2O4/c1-5-2-3-13-7(5)8(12)10-14-4-6(9)11/h2-3H,4H2,1H3,(H2,9,11)(H,10,12). The molecule has 0 bridgehead atoms. The molecule has 0 aromatic carbocycles. The molecule has 1 aromatic heterocycles. The average Bonchev–Trinajstić information content (AvgIpc) is 2.50. The van der Waals surface area contributed by atoms with E-state index < -0.39 is 11.8 Å². The first-order chi connectivity index (χ1) is 6.61. The highest BCUT2D eigenvalue weighted by Gasteiger charge is 2.12. The molecule has 76 valence electrons. The maximum Gasteiger partial charge on any atom is 0.310 e. The Balaban J connectivity index is 2.44. The fourth-order valence-electron chi connectivity index (χ4n) is 0.824. The number of hydrogen-bond acceptors (Lipinski definition) is 4. The third-order valence-electron chi connectivity index (χ3n) is 1.45. The van der Waals surface area contributed by atoms with Crippen LogP contribution >= 0.6 is 0 Å². The molecule has 0 spiro atoms. The molecule has 0 aliphatic carbocycles. The van der Waals surface area contributed by atoms with Crippen molar-refractivity contribution >= 4 is 11.8 Å². The predicted octanol–water partition coefficient (Wildman–Crippen LogP) is -0.265. The zero-order chi connectivity index (χ0) is 10.6. The van der Waals surface area contributed by atoms with Crippen molar-refractivity contribution in [1.82, 2.24) is 5.48 Å². The van der Waals surface area contributed by atoms with Crippen LogP contribution in [0.3, 0.4) is 0 Å². The second-order valence-electron chi connectivity index (χ2n) is 2.62. The molecule has 0 fully saturated rings. The summed E-state index contributed by atoms with van der Waals surface area (Å²) < 4.78 is 4.88. The highest BCUT2D eigenvalue weighted by Crippen LogP contribution is 2.07. The van der Waals surface area contributed by atoms with E-state index in [1.807, 2.05) is 5.48 Å². The molecular formula is C8H10N2O4. The van der Waals surface area contributed by atoms with Gasteiger partial charge >= 0.3 is 5.91 Å². The van der Waals surface area contributed by atoms with Gasteiger partial charge in [0, 0.05) is 5.56 Å². The molecule has 2 amide bonds. The van der Waals surface area contributed by atoms with Crippen molar-refractivity contribution in [2.24, 2.45) is 5.73 Å². The van der Waals surface area contributed by atoms with Gasteiger partial charge in [-0.15, -0.1) is 0 Å². The highest BCUT2D eigenvalue weighted by molar-refractivity contribution is 5.92. The van der Waals surface area contributed by atoms with Gasteiger partial charge in [0.1, 0.15) is 0 Å². The van der Waals surface area contributed by atoms with E-state index in [4.69, 9.17) is 10.2 Å². The number of nitrogens with two attached hydrogens (primary N) is 1. The molecule has 1 aromatic rings. The van der Waals surface area contributed by atoms with Crippen molar-refractivity contribution in [3.63, 3.8) is 0 Å². The first kappa shape index (κ1) is 10.3. The molecule has 0 aliphatic heterocycles. The van der Waals surface area contributed by atoms with E-state index >= 15 is 0 Å². The zero-order valence-electron chi connectivity index (χ0n) is 7.57. The van der Waals surface area contributed by atoms with Crippen molar-refractivity contribution < 1.29 is 18.8 Å². The van der Waals surface area contributed by atoms with Gasteiger partial charge in [0.05, 0.1) is 6.26 Å². The Morgan fingerprint density at radius 3 is 2.86 bits per heavy atom. The third-order valence-corrected chi connectivity index (χ3v) is 1.45. The van der Waals surface area contributed by atoms with Crippen LogP contribution in [0.1, 0.15) is 16.1 Å². The summed E-state index contributed by atoms with van der Waals surface area (Å²) in [5.41, 5.74) is 7.50. The van der Waals surface area contributed by atoms with Gasteiger partial charge in [0.25, 0.3) is 0 Å². The summed E-state index contributed by atoms with van der Waals surface area (Å²) in [5, 5.41) is 0. The maximum absolute atomic E-state index is 11.2. The zero-order valence-corrected chi connectivity index (χ0v) is 7.57. The molecule has 1 heterocycles. The third kappa shape index (κ3) is 2.60. The number of hydroxylamine groups is 1. The molecule has 0 aliphatic rings. The number of carbonyl (C=O) groups excluding carboxylic acids is 2. The van der Waals surface area contributed by atoms with Crippen molar-refractivity contribution in [3.05, 3.63) is 23.7 Å². The van der Waals surface area contributed by atoms with Crippen LogP contribution in [0, 0.1) is 6.92 Å². The summed E-state index contributed by atoms with van der Waals surface area (Å²) in [6.07, 6.45) is 1.39. The van der Waals surface area contributed by atoms with Gasteiger partial charge in [-0.1, -0.05) is 0 Å². The monoisotopic (exact) mass is 198 g/mol. The smallest absolute Gasteiger partial charge is 0.310 e. The van der Waals surface area contributed by atoms with Crippen LogP contribution in [0.15, 0.2) is 16.7 Å². The molecule has 3 N–H and O–H groups in total. The molecule has 0 unspecified atom stereocenters. The van der Waals surface area contributed by atoms with Gasteiger partial charge in [-0.3, -0.25) is 14.4 Å². The minimum Gasteiger partial charge on any atom is -0.459 e. The lowest BCUT2D eigenvalue weighted by atomic mass is 10.3. The largest absolute Gasteiger partial charge is 0.459 e. The molecule has 0 saturated heterocycles. The van der Waals surface area contributed by atoms with Crippen molar-refractivity contribution in [2.45, 2.75) is 6.92 Å². The van der Waals surface area contributed by atoms with Crippen molar-refractivity contribution in [2.75, 3.05) is 6.61 Å². The fourth-order valence-corrected chi connectivity index (χ4v) is 0.824. The second kappa shape index (κ2) is 4.43. The molecule has 14 heavy (non-hydrogen) atoms. The number of hydrogen-bond donors (Lipinski definition) is 2. The van der Waals surface area contributed by atoms with Crippen LogP contribution in [0.25, 0.3) is 0 Å². The quantitative estimate of drug-likeness (QED) is 0.651. The Labute approximate surface area is 80.0 Å². The number of carbonyl (C=O) groups is 2. The minimum atomic E-state index is -0.665. The SMILES string of the molecule is Cc1ccoc1C(=O)NOCC(N)=O. The molecule has 0 radical (unpaired) electrons. The lowest BCUT2D eigenvalue weighted by molar-refractivity contribution is -0.124. The van der Waals surface area contributed by atoms with Gasteiger partial charge in [-0.2, -0.15) is 0 Å². The second-order valence-corrected chi connectivity index (χ2v) is 2.62. The van der Waals surface area contributed by atoms with E-state index in [-0.39, 0.29) is 12.4 Å². The number of furan rings is 1. The van der Waals surface area contributed by atoms with E-state index in [1.54, 1.807) is 13.0 Å². The average molecular weight is 198 g/mol. The number of aryl methyl sites for hydroxylation is 1. The topological polar surface area (TPSA) is 94.6 Å². The summed E-state index contributed by atoms with van der Waals surface area (Å²) in [6, 6.07) is 1.64. The van der Waals surface area contributed by atoms with Crippen molar-refractivity contribution in [1.29, 1.82) is 0 Å². The summed E-state index contributed by atoms with van der Waals surface area (Å²) >= 11 is 0. The molecule has 1 rings (SSSR count). The summed E-state index contributed by atoms with van der Waals surface area (Å²) in [4.78, 5) is 26.0. The number of rotatable bonds is 4. The Morgan fingerprint density at radius 2 is 2.36 bits per heavy atom. The van der Waals surface area contributed by atoms with Crippen LogP contribution in [-0.2, 0) is 9.63 Å². The number of amides is 2. The minimum absolute atomic E-state index is 0.148. The molecular weight excluding hydrogens is 188 g/mol. The van der Waals surface area contributed by atoms with Gasteiger partial charge in [0.15, 0.2) is 12.4 Å². The van der Waals surface area contributed by atoms with Gasteiger partial charge in [0.2, 0.25) is 5.91 Å². The predicted molar refractivity (Wildman–Crippen MR) is 46.1 cm³/mol. The summed E-state index contributed by atoms with van der Waals surface area (Å²) in [5.74, 6) is -1.07. The normalized spacial score (nSPS) is 9.79. The molecule has 0 saturated carbocycles. The lowest BCUT2D eigenvalue weighted by Crippen LogP contribution is -2.29. The van der Waals surface area contributed by atoms with Gasteiger partial charge in [-0.05, 0) is 13.0 Å². The van der Waals surface area contributed by atoms with E-state index in [2.05, 4.69) is 4.84 Å². The van der Waals surface area contributed by atoms with Crippen LogP contribution in [-0.4, -0.2) is 18.4 Å². The Hall–Kier alpha value is -1.82. The Kier molecular flexibility index (Phi) is 3.24. The molecule has 0 atom stereocenters. The number of nitrogens with one attached hydrogen (secondary N) is 1. The van der Waals surface area contributed by atoms with E-state index in [0.717, 1.165) is 0 Å². The molecule has 6 nitrogen and oxygen atoms in total. The van der Waals surface area contributed by atoms with Crippen molar-refractivity contribution in [3.8, 4) is 0 Å². The first-order valence-electron chi connectivity index (χ1n) is 3.86. The van der Waals surface area contributed by atoms with Gasteiger partial charge in [-0.25, -0.2) is 5.48 Å². The van der Waals surface area contributed by atoms with E-state index in [0.29, 0.717) is 5.56 Å². The summed E-state index contributed by atoms with van der Waals surface area (Å²) in [6.45, 7) is 1.35. The van der Waals surface area contributed by atoms with E-state index in [9.17, 15) is 9.59 Å². The van der Waals surface area contributed by atoms with E-state index in [1.165, 1.54) is 6.26 Å². The Bertz CT molecular complexity index is 345. The first-order valence-corrected chi connectivity index (χ1v) is 3.86. The Morgan fingerprint density at radius 1 is 1.64 bits per heavy atom. The van der Waals surface area contributed by atoms with Gasteiger partial charge < -0.3 is 10.2 Å². The number of primary amides is 1. The van der Waals surface area contributed by atoms with Crippen LogP contribution in [0.4, 0.5) is 0 Å². The maximum atomic E-state index is 11.2. The fraction of sp³-hybridized carbons (Fsp3) is 0.250. The van der Waals surface area contributed by atoms with Crippen LogP contribution in [0.5, 0.6) is 0 Å². The summed E-state index contributed by atoms with van der Waals surface area (Å²) in [7, 11) is 0. The van der Waals surface area contributed by atoms with Crippen LogP contribution in [0.2, 0.25) is 0 Å². The lowest BCUT2D eigenvalue weighted by Gasteiger charge is -2.01. The van der Waals surface area contributed by atoms with Crippen LogP contribution < -0.4 is 11.2 Å².